The van der Waals surface area contributed by atoms with Gasteiger partial charge in [0.2, 0.25) is 10.0 Å². The van der Waals surface area contributed by atoms with Crippen LogP contribution in [0.5, 0.6) is 0 Å². The number of nitro groups is 1. The van der Waals surface area contributed by atoms with Crippen molar-refractivity contribution in [3.8, 4) is 0 Å². The Bertz CT molecular complexity index is 700. The third-order valence-electron chi connectivity index (χ3n) is 4.05. The van der Waals surface area contributed by atoms with Crippen LogP contribution in [0, 0.1) is 23.0 Å². The van der Waals surface area contributed by atoms with Gasteiger partial charge in [-0.1, -0.05) is 11.6 Å². The van der Waals surface area contributed by atoms with E-state index in [1.165, 1.54) is 16.4 Å². The second kappa shape index (κ2) is 7.12. The van der Waals surface area contributed by atoms with Gasteiger partial charge in [-0.3, -0.25) is 10.1 Å². The Hall–Kier alpha value is -1.22. The van der Waals surface area contributed by atoms with Crippen LogP contribution in [0.15, 0.2) is 17.0 Å². The molecule has 1 saturated heterocycles. The summed E-state index contributed by atoms with van der Waals surface area (Å²) >= 11 is 6.00. The number of nitro benzene ring substituents is 1. The molecule has 0 saturated carbocycles. The van der Waals surface area contributed by atoms with Gasteiger partial charge < -0.3 is 5.32 Å². The van der Waals surface area contributed by atoms with Crippen LogP contribution in [0.1, 0.15) is 18.4 Å². The molecule has 0 spiro atoms. The second-order valence-corrected chi connectivity index (χ2v) is 8.04. The smallest absolute Gasteiger partial charge is 0.289 e. The van der Waals surface area contributed by atoms with E-state index >= 15 is 0 Å². The fourth-order valence-corrected chi connectivity index (χ4v) is 4.93. The molecule has 0 atom stereocenters. The zero-order chi connectivity index (χ0) is 17.2. The third-order valence-corrected chi connectivity index (χ3v) is 6.48. The summed E-state index contributed by atoms with van der Waals surface area (Å²) in [6.45, 7) is 3.26. The zero-order valence-electron chi connectivity index (χ0n) is 13.1. The van der Waals surface area contributed by atoms with Gasteiger partial charge in [-0.2, -0.15) is 4.31 Å². The zero-order valence-corrected chi connectivity index (χ0v) is 14.7. The SMILES string of the molecule is CNCC1CCN(S(=O)(=O)c2cc(C)cc([N+](=O)[O-])c2Cl)CC1. The van der Waals surface area contributed by atoms with Gasteiger partial charge in [-0.15, -0.1) is 0 Å². The van der Waals surface area contributed by atoms with Crippen molar-refractivity contribution in [2.24, 2.45) is 5.92 Å². The van der Waals surface area contributed by atoms with Crippen LogP contribution < -0.4 is 5.32 Å². The molecular weight excluding hydrogens is 342 g/mol. The second-order valence-electron chi connectivity index (χ2n) is 5.76. The summed E-state index contributed by atoms with van der Waals surface area (Å²) in [6.07, 6.45) is 1.51. The highest BCUT2D eigenvalue weighted by molar-refractivity contribution is 7.89. The van der Waals surface area contributed by atoms with E-state index in [0.717, 1.165) is 19.4 Å². The number of hydrogen-bond donors (Lipinski definition) is 1. The molecule has 0 amide bonds. The van der Waals surface area contributed by atoms with E-state index in [4.69, 9.17) is 11.6 Å². The highest BCUT2D eigenvalue weighted by atomic mass is 35.5. The van der Waals surface area contributed by atoms with E-state index < -0.39 is 14.9 Å². The number of aryl methyl sites for hydroxylation is 1. The maximum atomic E-state index is 12.8. The average Bonchev–Trinajstić information content (AvgIpc) is 2.49. The summed E-state index contributed by atoms with van der Waals surface area (Å²) in [4.78, 5) is 10.2. The Labute approximate surface area is 140 Å². The molecule has 7 nitrogen and oxygen atoms in total. The summed E-state index contributed by atoms with van der Waals surface area (Å²) in [5.74, 6) is 0.439. The van der Waals surface area contributed by atoms with Gasteiger partial charge in [0.25, 0.3) is 5.69 Å². The number of nitrogens with one attached hydrogen (secondary N) is 1. The van der Waals surface area contributed by atoms with Crippen molar-refractivity contribution in [1.29, 1.82) is 0 Å². The molecule has 1 aliphatic heterocycles. The van der Waals surface area contributed by atoms with E-state index in [0.29, 0.717) is 24.6 Å². The van der Waals surface area contributed by atoms with E-state index in [1.807, 2.05) is 7.05 Å². The summed E-state index contributed by atoms with van der Waals surface area (Å²) < 4.78 is 27.0. The summed E-state index contributed by atoms with van der Waals surface area (Å²) in [5, 5.41) is 13.8. The van der Waals surface area contributed by atoms with Crippen molar-refractivity contribution >= 4 is 27.3 Å². The molecule has 1 N–H and O–H groups in total. The summed E-state index contributed by atoms with van der Waals surface area (Å²) in [7, 11) is -1.96. The van der Waals surface area contributed by atoms with Gasteiger partial charge >= 0.3 is 0 Å². The number of nitrogens with zero attached hydrogens (tertiary/aromatic N) is 2. The fraction of sp³-hybridized carbons (Fsp3) is 0.571. The van der Waals surface area contributed by atoms with Gasteiger partial charge in [0.1, 0.15) is 9.92 Å². The van der Waals surface area contributed by atoms with Crippen molar-refractivity contribution in [3.05, 3.63) is 32.8 Å². The minimum Gasteiger partial charge on any atom is -0.319 e. The molecule has 2 rings (SSSR count). The highest BCUT2D eigenvalue weighted by Crippen LogP contribution is 2.35. The van der Waals surface area contributed by atoms with Crippen molar-refractivity contribution in [2.75, 3.05) is 26.7 Å². The van der Waals surface area contributed by atoms with Crippen LogP contribution in [-0.4, -0.2) is 44.3 Å². The van der Waals surface area contributed by atoms with Crippen molar-refractivity contribution < 1.29 is 13.3 Å². The molecule has 23 heavy (non-hydrogen) atoms. The van der Waals surface area contributed by atoms with Crippen molar-refractivity contribution in [2.45, 2.75) is 24.7 Å². The molecule has 0 aromatic heterocycles. The molecule has 1 aromatic carbocycles. The standard InChI is InChI=1S/C14H20ClN3O4S/c1-10-7-12(18(19)20)14(15)13(8-10)23(21,22)17-5-3-11(4-6-17)9-16-2/h7-8,11,16H,3-6,9H2,1-2H3. The van der Waals surface area contributed by atoms with Crippen LogP contribution in [0.2, 0.25) is 5.02 Å². The van der Waals surface area contributed by atoms with Crippen LogP contribution in [0.25, 0.3) is 0 Å². The highest BCUT2D eigenvalue weighted by Gasteiger charge is 2.33. The maximum Gasteiger partial charge on any atom is 0.289 e. The lowest BCUT2D eigenvalue weighted by atomic mass is 9.98. The Kier molecular flexibility index (Phi) is 5.61. The Morgan fingerprint density at radius 1 is 1.39 bits per heavy atom. The van der Waals surface area contributed by atoms with Crippen molar-refractivity contribution in [3.63, 3.8) is 0 Å². The Balaban J connectivity index is 2.32. The number of rotatable bonds is 5. The number of hydrogen-bond acceptors (Lipinski definition) is 5. The van der Waals surface area contributed by atoms with Crippen molar-refractivity contribution in [1.82, 2.24) is 9.62 Å². The molecule has 1 aliphatic rings. The first-order valence-electron chi connectivity index (χ1n) is 7.36. The van der Waals surface area contributed by atoms with Gasteiger partial charge in [0.15, 0.2) is 0 Å². The lowest BCUT2D eigenvalue weighted by Gasteiger charge is -2.31. The lowest BCUT2D eigenvalue weighted by Crippen LogP contribution is -2.40. The summed E-state index contributed by atoms with van der Waals surface area (Å²) in [5.41, 5.74) is 0.111. The predicted molar refractivity (Wildman–Crippen MR) is 88.3 cm³/mol. The number of sulfonamides is 1. The molecule has 1 aromatic rings. The molecule has 9 heteroatoms. The Morgan fingerprint density at radius 2 is 2.00 bits per heavy atom. The minimum atomic E-state index is -3.83. The van der Waals surface area contributed by atoms with Gasteiger partial charge in [-0.25, -0.2) is 8.42 Å². The lowest BCUT2D eigenvalue weighted by molar-refractivity contribution is -0.385. The predicted octanol–water partition coefficient (Wildman–Crippen LogP) is 2.18. The fourth-order valence-electron chi connectivity index (χ4n) is 2.82. The van der Waals surface area contributed by atoms with E-state index in [2.05, 4.69) is 5.32 Å². The van der Waals surface area contributed by atoms with Crippen LogP contribution in [-0.2, 0) is 10.0 Å². The topological polar surface area (TPSA) is 92.6 Å². The normalized spacial score (nSPS) is 17.3. The first kappa shape index (κ1) is 18.1. The largest absolute Gasteiger partial charge is 0.319 e. The van der Waals surface area contributed by atoms with Gasteiger partial charge in [0, 0.05) is 19.2 Å². The number of halogens is 1. The molecule has 0 bridgehead atoms. The monoisotopic (exact) mass is 361 g/mol. The van der Waals surface area contributed by atoms with Gasteiger partial charge in [-0.05, 0) is 50.9 Å². The number of piperidine rings is 1. The van der Waals surface area contributed by atoms with E-state index in [-0.39, 0.29) is 15.6 Å². The molecule has 128 valence electrons. The number of benzene rings is 1. The third kappa shape index (κ3) is 3.82. The molecule has 0 radical (unpaired) electrons. The molecule has 1 heterocycles. The van der Waals surface area contributed by atoms with E-state index in [9.17, 15) is 18.5 Å². The Morgan fingerprint density at radius 3 is 2.52 bits per heavy atom. The molecular formula is C14H20ClN3O4S. The van der Waals surface area contributed by atoms with E-state index in [1.54, 1.807) is 6.92 Å². The van der Waals surface area contributed by atoms with Crippen LogP contribution >= 0.6 is 11.6 Å². The first-order chi connectivity index (χ1) is 10.8. The van der Waals surface area contributed by atoms with Crippen LogP contribution in [0.4, 0.5) is 5.69 Å². The van der Waals surface area contributed by atoms with Gasteiger partial charge in [0.05, 0.1) is 4.92 Å². The molecule has 0 unspecified atom stereocenters. The van der Waals surface area contributed by atoms with Crippen LogP contribution in [0.3, 0.4) is 0 Å². The molecule has 0 aliphatic carbocycles. The quantitative estimate of drug-likeness (QED) is 0.641. The molecule has 1 fully saturated rings. The first-order valence-corrected chi connectivity index (χ1v) is 9.18. The summed E-state index contributed by atoms with van der Waals surface area (Å²) in [6, 6.07) is 2.67. The maximum absolute atomic E-state index is 12.8. The average molecular weight is 362 g/mol. The minimum absolute atomic E-state index is 0.182.